The van der Waals surface area contributed by atoms with E-state index in [4.69, 9.17) is 29.0 Å². The molecule has 0 saturated carbocycles. The van der Waals surface area contributed by atoms with Crippen LogP contribution in [0, 0.1) is 0 Å². The molecule has 8 aromatic carbocycles. The van der Waals surface area contributed by atoms with Crippen molar-refractivity contribution in [2.45, 2.75) is 0 Å². The zero-order chi connectivity index (χ0) is 47.4. The van der Waals surface area contributed by atoms with E-state index >= 15 is 0 Å². The van der Waals surface area contributed by atoms with E-state index in [2.05, 4.69) is 0 Å². The number of rotatable bonds is 6. The number of furan rings is 1. The van der Waals surface area contributed by atoms with E-state index in [1.165, 1.54) is 4.57 Å². The summed E-state index contributed by atoms with van der Waals surface area (Å²) in [7, 11) is 0. The molecule has 0 bridgehead atoms. The third-order valence-corrected chi connectivity index (χ3v) is 9.80. The Kier molecular flexibility index (Phi) is 5.10. The Bertz CT molecular complexity index is 3860. The summed E-state index contributed by atoms with van der Waals surface area (Å²) in [5.74, 6) is 0.813. The minimum atomic E-state index is -0.708. The SMILES string of the molecule is [2H]c1c([2H])c([2H])c(-c2c([2H])c([2H])c3c(c2[2H])c2c([2H])c([2H])c([2H])c([2H])c2n3-c2cc(-c3ccc4c(c3)oc3ccccc34)ccc2-c2nc(-c3ccccc3)nc(-c3ccccc3)n2)c([2H])c1[2H]. The molecular formula is C51H32N4O. The van der Waals surface area contributed by atoms with Crippen molar-refractivity contribution in [2.75, 3.05) is 0 Å². The van der Waals surface area contributed by atoms with Crippen LogP contribution in [0.1, 0.15) is 16.4 Å². The summed E-state index contributed by atoms with van der Waals surface area (Å²) in [6.07, 6.45) is 0. The van der Waals surface area contributed by atoms with Crippen LogP contribution in [0.5, 0.6) is 0 Å². The van der Waals surface area contributed by atoms with E-state index in [1.54, 1.807) is 12.1 Å². The van der Waals surface area contributed by atoms with Crippen LogP contribution < -0.4 is 0 Å². The van der Waals surface area contributed by atoms with Gasteiger partial charge in [-0.3, -0.25) is 0 Å². The second-order valence-electron chi connectivity index (χ2n) is 13.1. The second-order valence-corrected chi connectivity index (χ2v) is 13.1. The lowest BCUT2D eigenvalue weighted by Crippen LogP contribution is -2.04. The van der Waals surface area contributed by atoms with Crippen molar-refractivity contribution in [1.82, 2.24) is 19.5 Å². The molecule has 0 radical (unpaired) electrons. The van der Waals surface area contributed by atoms with Gasteiger partial charge in [-0.15, -0.1) is 0 Å². The van der Waals surface area contributed by atoms with Gasteiger partial charge in [0.15, 0.2) is 17.5 Å². The molecule has 0 saturated heterocycles. The van der Waals surface area contributed by atoms with Crippen molar-refractivity contribution in [3.63, 3.8) is 0 Å². The summed E-state index contributed by atoms with van der Waals surface area (Å²) >= 11 is 0. The molecular weight excluding hydrogens is 685 g/mol. The predicted octanol–water partition coefficient (Wildman–Crippen LogP) is 13.2. The largest absolute Gasteiger partial charge is 0.456 e. The highest BCUT2D eigenvalue weighted by Gasteiger charge is 2.21. The molecule has 0 unspecified atom stereocenters. The number of benzene rings is 8. The van der Waals surface area contributed by atoms with Gasteiger partial charge in [-0.2, -0.15) is 0 Å². The Morgan fingerprint density at radius 2 is 1.04 bits per heavy atom. The highest BCUT2D eigenvalue weighted by atomic mass is 16.3. The zero-order valence-corrected chi connectivity index (χ0v) is 29.2. The zero-order valence-electron chi connectivity index (χ0n) is 41.2. The number of nitrogens with zero attached hydrogens (tertiary/aromatic N) is 4. The van der Waals surface area contributed by atoms with Crippen LogP contribution in [0.2, 0.25) is 0 Å². The van der Waals surface area contributed by atoms with Crippen LogP contribution >= 0.6 is 0 Å². The maximum absolute atomic E-state index is 9.77. The molecule has 0 spiro atoms. The van der Waals surface area contributed by atoms with Gasteiger partial charge in [0, 0.05) is 38.2 Å². The summed E-state index contributed by atoms with van der Waals surface area (Å²) in [5.41, 5.74) is 3.29. The van der Waals surface area contributed by atoms with Crippen molar-refractivity contribution < 1.29 is 20.9 Å². The quantitative estimate of drug-likeness (QED) is 0.171. The Balaban J connectivity index is 1.30. The molecule has 3 heterocycles. The van der Waals surface area contributed by atoms with Crippen molar-refractivity contribution in [3.8, 4) is 62.1 Å². The number of hydrogen-bond acceptors (Lipinski definition) is 4. The van der Waals surface area contributed by atoms with E-state index in [0.29, 0.717) is 50.6 Å². The molecule has 56 heavy (non-hydrogen) atoms. The van der Waals surface area contributed by atoms with Crippen molar-refractivity contribution in [3.05, 3.63) is 194 Å². The van der Waals surface area contributed by atoms with Gasteiger partial charge in [0.2, 0.25) is 0 Å². The molecule has 0 fully saturated rings. The topological polar surface area (TPSA) is 56.7 Å². The maximum atomic E-state index is 9.77. The average Bonchev–Trinajstić information content (AvgIpc) is 3.93. The number of hydrogen-bond donors (Lipinski definition) is 0. The average molecular weight is 729 g/mol. The lowest BCUT2D eigenvalue weighted by atomic mass is 10.00. The standard InChI is InChI=1S/C51H32N4O/c1-4-14-33(15-5-1)36-26-29-45-43(30-36)39-20-10-12-22-44(39)55(45)46-31-37(38-24-27-41-40-21-11-13-23-47(40)56-48(41)32-38)25-28-42(46)51-53-49(34-16-6-2-7-17-34)52-50(54-51)35-18-8-3-9-19-35/h1-32H/i1D,4D,5D,10D,12D,14D,15D,20D,22D,26D,29D,30D. The van der Waals surface area contributed by atoms with Gasteiger partial charge in [0.1, 0.15) is 11.2 Å². The van der Waals surface area contributed by atoms with Crippen molar-refractivity contribution in [1.29, 1.82) is 0 Å². The molecule has 0 aliphatic rings. The highest BCUT2D eigenvalue weighted by molar-refractivity contribution is 6.11. The van der Waals surface area contributed by atoms with E-state index in [-0.39, 0.29) is 33.3 Å². The molecule has 11 rings (SSSR count). The van der Waals surface area contributed by atoms with Gasteiger partial charge >= 0.3 is 0 Å². The third-order valence-electron chi connectivity index (χ3n) is 9.80. The fourth-order valence-corrected chi connectivity index (χ4v) is 7.18. The van der Waals surface area contributed by atoms with Gasteiger partial charge in [0.05, 0.1) is 33.2 Å². The second kappa shape index (κ2) is 13.0. The number of para-hydroxylation sites is 2. The molecule has 262 valence electrons. The smallest absolute Gasteiger partial charge is 0.166 e. The van der Waals surface area contributed by atoms with E-state index in [0.717, 1.165) is 10.8 Å². The molecule has 0 atom stereocenters. The molecule has 3 aromatic heterocycles. The van der Waals surface area contributed by atoms with Crippen LogP contribution in [0.25, 0.3) is 106 Å². The van der Waals surface area contributed by atoms with Crippen LogP contribution in [-0.4, -0.2) is 19.5 Å². The first-order chi connectivity index (χ1) is 32.7. The maximum Gasteiger partial charge on any atom is 0.166 e. The molecule has 0 aliphatic heterocycles. The monoisotopic (exact) mass is 728 g/mol. The highest BCUT2D eigenvalue weighted by Crippen LogP contribution is 2.40. The fraction of sp³-hybridized carbons (Fsp3) is 0. The number of fused-ring (bicyclic) bond motifs is 6. The Labute approximate surface area is 339 Å². The van der Waals surface area contributed by atoms with Crippen molar-refractivity contribution in [2.24, 2.45) is 0 Å². The first-order valence-electron chi connectivity index (χ1n) is 23.8. The Hall–Kier alpha value is -7.63. The lowest BCUT2D eigenvalue weighted by Gasteiger charge is -2.16. The summed E-state index contributed by atoms with van der Waals surface area (Å²) < 4.78 is 116. The Morgan fingerprint density at radius 3 is 1.82 bits per heavy atom. The summed E-state index contributed by atoms with van der Waals surface area (Å²) in [4.78, 5) is 14.9. The molecule has 5 nitrogen and oxygen atoms in total. The summed E-state index contributed by atoms with van der Waals surface area (Å²) in [5, 5.41) is 1.46. The van der Waals surface area contributed by atoms with Gasteiger partial charge in [-0.25, -0.2) is 15.0 Å². The van der Waals surface area contributed by atoms with E-state index in [1.807, 2.05) is 109 Å². The van der Waals surface area contributed by atoms with Crippen molar-refractivity contribution >= 4 is 43.7 Å². The molecule has 0 amide bonds. The Morgan fingerprint density at radius 1 is 0.411 bits per heavy atom. The van der Waals surface area contributed by atoms with Crippen LogP contribution in [0.15, 0.2) is 198 Å². The third kappa shape index (κ3) is 5.37. The van der Waals surface area contributed by atoms with Gasteiger partial charge in [0.25, 0.3) is 0 Å². The molecule has 11 aromatic rings. The van der Waals surface area contributed by atoms with Crippen LogP contribution in [0.3, 0.4) is 0 Å². The minimum absolute atomic E-state index is 0.141. The van der Waals surface area contributed by atoms with E-state index < -0.39 is 83.6 Å². The van der Waals surface area contributed by atoms with Crippen LogP contribution in [0.4, 0.5) is 0 Å². The van der Waals surface area contributed by atoms with Crippen LogP contribution in [-0.2, 0) is 0 Å². The lowest BCUT2D eigenvalue weighted by molar-refractivity contribution is 0.669. The van der Waals surface area contributed by atoms with Gasteiger partial charge in [-0.05, 0) is 70.7 Å². The van der Waals surface area contributed by atoms with Gasteiger partial charge < -0.3 is 8.98 Å². The molecule has 0 N–H and O–H groups in total. The molecule has 5 heteroatoms. The van der Waals surface area contributed by atoms with Gasteiger partial charge in [-0.1, -0.05) is 145 Å². The molecule has 0 aliphatic carbocycles. The summed E-state index contributed by atoms with van der Waals surface area (Å²) in [6.45, 7) is 0. The summed E-state index contributed by atoms with van der Waals surface area (Å²) in [6, 6.07) is 29.9. The first kappa shape index (κ1) is 21.9. The first-order valence-corrected chi connectivity index (χ1v) is 17.8. The number of aromatic nitrogens is 4. The minimum Gasteiger partial charge on any atom is -0.456 e. The van der Waals surface area contributed by atoms with E-state index in [9.17, 15) is 6.85 Å². The predicted molar refractivity (Wildman–Crippen MR) is 229 cm³/mol. The fourth-order valence-electron chi connectivity index (χ4n) is 7.18. The normalized spacial score (nSPS) is 14.6.